The molecule has 0 unspecified atom stereocenters. The summed E-state index contributed by atoms with van der Waals surface area (Å²) in [5.41, 5.74) is -0.923. The first-order valence-electron chi connectivity index (χ1n) is 5.19. The topological polar surface area (TPSA) is 46.9 Å². The first-order valence-corrected chi connectivity index (χ1v) is 5.19. The molecule has 1 heterocycles. The summed E-state index contributed by atoms with van der Waals surface area (Å²) in [5, 5.41) is 5.96. The predicted octanol–water partition coefficient (Wildman–Crippen LogP) is 1.67. The number of carbonyl (C=O) groups excluding carboxylic acids is 1. The zero-order chi connectivity index (χ0) is 13.1. The number of carbonyl (C=O) groups is 1. The Morgan fingerprint density at radius 1 is 1.53 bits per heavy atom. The maximum Gasteiger partial charge on any atom is 0.435 e. The molecule has 0 radical (unpaired) electrons. The molecule has 0 saturated heterocycles. The molecule has 0 atom stereocenters. The molecule has 0 bridgehead atoms. The van der Waals surface area contributed by atoms with Crippen LogP contribution in [0, 0.1) is 5.92 Å². The minimum absolute atomic E-state index is 0.131. The summed E-state index contributed by atoms with van der Waals surface area (Å²) >= 11 is 0. The number of halogens is 3. The molecule has 0 spiro atoms. The number of nitrogens with zero attached hydrogens (tertiary/aromatic N) is 2. The maximum atomic E-state index is 12.2. The summed E-state index contributed by atoms with van der Waals surface area (Å²) in [6, 6.07) is 0.907. The van der Waals surface area contributed by atoms with E-state index in [9.17, 15) is 18.0 Å². The van der Waals surface area contributed by atoms with Gasteiger partial charge >= 0.3 is 6.18 Å². The first-order chi connectivity index (χ1) is 7.80. The molecule has 7 heteroatoms. The molecule has 1 amide bonds. The second kappa shape index (κ2) is 5.20. The van der Waals surface area contributed by atoms with Crippen molar-refractivity contribution < 1.29 is 18.0 Å². The van der Waals surface area contributed by atoms with Crippen molar-refractivity contribution in [2.75, 3.05) is 6.54 Å². The van der Waals surface area contributed by atoms with Crippen molar-refractivity contribution in [3.05, 3.63) is 18.0 Å². The lowest BCUT2D eigenvalue weighted by Gasteiger charge is -2.07. The van der Waals surface area contributed by atoms with Gasteiger partial charge in [0.2, 0.25) is 5.91 Å². The van der Waals surface area contributed by atoms with Crippen LogP contribution in [0.5, 0.6) is 0 Å². The molecule has 1 aromatic heterocycles. The summed E-state index contributed by atoms with van der Waals surface area (Å²) in [4.78, 5) is 11.2. The normalized spacial score (nSPS) is 11.9. The minimum Gasteiger partial charge on any atom is -0.354 e. The third kappa shape index (κ3) is 4.08. The Kier molecular flexibility index (Phi) is 4.14. The van der Waals surface area contributed by atoms with E-state index < -0.39 is 11.9 Å². The minimum atomic E-state index is -4.42. The zero-order valence-electron chi connectivity index (χ0n) is 9.58. The number of hydrogen-bond donors (Lipinski definition) is 1. The van der Waals surface area contributed by atoms with E-state index in [1.807, 2.05) is 0 Å². The highest BCUT2D eigenvalue weighted by atomic mass is 19.4. The lowest BCUT2D eigenvalue weighted by molar-refractivity contribution is -0.141. The third-order valence-corrected chi connectivity index (χ3v) is 2.10. The Balaban J connectivity index is 2.43. The lowest BCUT2D eigenvalue weighted by Crippen LogP contribution is -2.30. The molecule has 0 aliphatic rings. The Morgan fingerprint density at radius 3 is 2.65 bits per heavy atom. The van der Waals surface area contributed by atoms with E-state index in [0.29, 0.717) is 0 Å². The van der Waals surface area contributed by atoms with Crippen molar-refractivity contribution in [2.24, 2.45) is 5.92 Å². The van der Waals surface area contributed by atoms with Crippen molar-refractivity contribution in [3.63, 3.8) is 0 Å². The van der Waals surface area contributed by atoms with Gasteiger partial charge in [0.25, 0.3) is 0 Å². The molecule has 0 aliphatic heterocycles. The summed E-state index contributed by atoms with van der Waals surface area (Å²) in [5.74, 6) is -0.272. The third-order valence-electron chi connectivity index (χ3n) is 2.10. The SMILES string of the molecule is CC(C)C(=O)NCCn1ccc(C(F)(F)F)n1. The van der Waals surface area contributed by atoms with Crippen LogP contribution in [0.2, 0.25) is 0 Å². The van der Waals surface area contributed by atoms with Gasteiger partial charge in [-0.2, -0.15) is 18.3 Å². The van der Waals surface area contributed by atoms with Gasteiger partial charge in [-0.15, -0.1) is 0 Å². The summed E-state index contributed by atoms with van der Waals surface area (Å²) < 4.78 is 37.8. The van der Waals surface area contributed by atoms with E-state index in [-0.39, 0.29) is 24.9 Å². The second-order valence-corrected chi connectivity index (χ2v) is 3.91. The molecule has 1 aromatic rings. The van der Waals surface area contributed by atoms with E-state index in [4.69, 9.17) is 0 Å². The molecule has 4 nitrogen and oxygen atoms in total. The average molecular weight is 249 g/mol. The number of hydrogen-bond acceptors (Lipinski definition) is 2. The van der Waals surface area contributed by atoms with Crippen LogP contribution in [0.4, 0.5) is 13.2 Å². The van der Waals surface area contributed by atoms with Crippen LogP contribution < -0.4 is 5.32 Å². The maximum absolute atomic E-state index is 12.2. The fourth-order valence-corrected chi connectivity index (χ4v) is 1.14. The zero-order valence-corrected chi connectivity index (χ0v) is 9.58. The highest BCUT2D eigenvalue weighted by molar-refractivity contribution is 5.77. The largest absolute Gasteiger partial charge is 0.435 e. The molecule has 1 rings (SSSR count). The fraction of sp³-hybridized carbons (Fsp3) is 0.600. The van der Waals surface area contributed by atoms with Crippen molar-refractivity contribution in [3.8, 4) is 0 Å². The summed E-state index contributed by atoms with van der Waals surface area (Å²) in [6.07, 6.45) is -3.18. The molecule has 96 valence electrons. The van der Waals surface area contributed by atoms with Gasteiger partial charge in [-0.25, -0.2) is 0 Å². The lowest BCUT2D eigenvalue weighted by atomic mass is 10.2. The van der Waals surface area contributed by atoms with E-state index in [1.165, 1.54) is 6.20 Å². The number of amides is 1. The van der Waals surface area contributed by atoms with Gasteiger partial charge in [-0.3, -0.25) is 9.48 Å². The summed E-state index contributed by atoms with van der Waals surface area (Å²) in [6.45, 7) is 3.96. The number of aromatic nitrogens is 2. The highest BCUT2D eigenvalue weighted by Gasteiger charge is 2.33. The van der Waals surface area contributed by atoms with Crippen LogP contribution in [0.15, 0.2) is 12.3 Å². The Bertz CT molecular complexity index is 384. The Morgan fingerprint density at radius 2 is 2.18 bits per heavy atom. The van der Waals surface area contributed by atoms with E-state index in [2.05, 4.69) is 10.4 Å². The van der Waals surface area contributed by atoms with Crippen LogP contribution in [-0.2, 0) is 17.5 Å². The molecule has 0 saturated carbocycles. The van der Waals surface area contributed by atoms with Crippen molar-refractivity contribution in [1.82, 2.24) is 15.1 Å². The molecule has 17 heavy (non-hydrogen) atoms. The van der Waals surface area contributed by atoms with Gasteiger partial charge < -0.3 is 5.32 Å². The van der Waals surface area contributed by atoms with Crippen LogP contribution >= 0.6 is 0 Å². The molecule has 0 aromatic carbocycles. The molecule has 0 fully saturated rings. The fourth-order valence-electron chi connectivity index (χ4n) is 1.14. The Hall–Kier alpha value is -1.53. The van der Waals surface area contributed by atoms with Crippen molar-refractivity contribution in [1.29, 1.82) is 0 Å². The smallest absolute Gasteiger partial charge is 0.354 e. The standard InChI is InChI=1S/C10H14F3N3O/c1-7(2)9(17)14-4-6-16-5-3-8(15-16)10(11,12)13/h3,5,7H,4,6H2,1-2H3,(H,14,17). The molecular formula is C10H14F3N3O. The molecule has 1 N–H and O–H groups in total. The van der Waals surface area contributed by atoms with Crippen LogP contribution in [0.25, 0.3) is 0 Å². The Labute approximate surface area is 96.8 Å². The van der Waals surface area contributed by atoms with Crippen molar-refractivity contribution in [2.45, 2.75) is 26.6 Å². The average Bonchev–Trinajstić information content (AvgIpc) is 2.65. The van der Waals surface area contributed by atoms with Gasteiger partial charge in [0.15, 0.2) is 5.69 Å². The number of rotatable bonds is 4. The predicted molar refractivity (Wildman–Crippen MR) is 55.1 cm³/mol. The number of nitrogens with one attached hydrogen (secondary N) is 1. The van der Waals surface area contributed by atoms with Gasteiger partial charge in [-0.1, -0.05) is 13.8 Å². The summed E-state index contributed by atoms with van der Waals surface area (Å²) in [7, 11) is 0. The highest BCUT2D eigenvalue weighted by Crippen LogP contribution is 2.27. The molecular weight excluding hydrogens is 235 g/mol. The van der Waals surface area contributed by atoms with Gasteiger partial charge in [0, 0.05) is 18.7 Å². The monoisotopic (exact) mass is 249 g/mol. The molecule has 0 aliphatic carbocycles. The van der Waals surface area contributed by atoms with E-state index >= 15 is 0 Å². The van der Waals surface area contributed by atoms with Gasteiger partial charge in [-0.05, 0) is 6.07 Å². The van der Waals surface area contributed by atoms with Crippen LogP contribution in [-0.4, -0.2) is 22.2 Å². The second-order valence-electron chi connectivity index (χ2n) is 3.91. The van der Waals surface area contributed by atoms with E-state index in [1.54, 1.807) is 13.8 Å². The van der Waals surface area contributed by atoms with Crippen LogP contribution in [0.1, 0.15) is 19.5 Å². The van der Waals surface area contributed by atoms with Crippen molar-refractivity contribution >= 4 is 5.91 Å². The van der Waals surface area contributed by atoms with E-state index in [0.717, 1.165) is 10.7 Å². The van der Waals surface area contributed by atoms with Gasteiger partial charge in [0.1, 0.15) is 0 Å². The first kappa shape index (κ1) is 13.5. The van der Waals surface area contributed by atoms with Crippen LogP contribution in [0.3, 0.4) is 0 Å². The van der Waals surface area contributed by atoms with Gasteiger partial charge in [0.05, 0.1) is 6.54 Å². The number of alkyl halides is 3. The quantitative estimate of drug-likeness (QED) is 0.882.